The Kier molecular flexibility index (Phi) is 1.94. The van der Waals surface area contributed by atoms with Crippen molar-refractivity contribution < 1.29 is 4.84 Å². The van der Waals surface area contributed by atoms with Crippen LogP contribution < -0.4 is 10.4 Å². The zero-order valence-corrected chi connectivity index (χ0v) is 6.79. The molecule has 1 rings (SSSR count). The lowest BCUT2D eigenvalue weighted by molar-refractivity contribution is 0.147. The van der Waals surface area contributed by atoms with Gasteiger partial charge in [0.2, 0.25) is 0 Å². The molecule has 0 fully saturated rings. The molecule has 0 amide bonds. The Labute approximate surface area is 64.4 Å². The maximum Gasteiger partial charge on any atom is 0.286 e. The van der Waals surface area contributed by atoms with E-state index in [-0.39, 0.29) is 5.56 Å². The number of aromatic nitrogens is 2. The molecule has 0 saturated carbocycles. The van der Waals surface area contributed by atoms with Crippen LogP contribution in [0.3, 0.4) is 0 Å². The third-order valence-electron chi connectivity index (χ3n) is 1.35. The van der Waals surface area contributed by atoms with Crippen LogP contribution in [-0.4, -0.2) is 16.8 Å². The van der Waals surface area contributed by atoms with E-state index in [0.29, 0.717) is 11.5 Å². The van der Waals surface area contributed by atoms with Crippen molar-refractivity contribution in [1.82, 2.24) is 9.71 Å². The van der Waals surface area contributed by atoms with E-state index in [2.05, 4.69) is 4.98 Å². The van der Waals surface area contributed by atoms with E-state index >= 15 is 0 Å². The second kappa shape index (κ2) is 2.74. The molecule has 11 heavy (non-hydrogen) atoms. The highest BCUT2D eigenvalue weighted by Gasteiger charge is 2.00. The number of rotatable bonds is 1. The number of hydrogen-bond donors (Lipinski definition) is 0. The van der Waals surface area contributed by atoms with Crippen LogP contribution in [0.1, 0.15) is 11.5 Å². The Morgan fingerprint density at radius 1 is 1.55 bits per heavy atom. The number of nitrogens with zero attached hydrogens (tertiary/aromatic N) is 2. The van der Waals surface area contributed by atoms with Gasteiger partial charge in [-0.25, -0.2) is 4.98 Å². The van der Waals surface area contributed by atoms with Crippen molar-refractivity contribution in [1.29, 1.82) is 0 Å². The van der Waals surface area contributed by atoms with E-state index in [9.17, 15) is 4.79 Å². The van der Waals surface area contributed by atoms with Gasteiger partial charge in [-0.15, -0.1) is 4.73 Å². The van der Waals surface area contributed by atoms with Crippen molar-refractivity contribution in [3.8, 4) is 0 Å². The molecular formula is C7H10N2O2. The molecule has 0 aliphatic rings. The zero-order chi connectivity index (χ0) is 8.43. The minimum Gasteiger partial charge on any atom is -0.412 e. The summed E-state index contributed by atoms with van der Waals surface area (Å²) in [5, 5.41) is 0. The summed E-state index contributed by atoms with van der Waals surface area (Å²) in [6.07, 6.45) is 0. The minimum atomic E-state index is -0.183. The van der Waals surface area contributed by atoms with Gasteiger partial charge in [0.1, 0.15) is 12.9 Å². The van der Waals surface area contributed by atoms with Gasteiger partial charge in [-0.1, -0.05) is 0 Å². The molecule has 1 aromatic rings. The van der Waals surface area contributed by atoms with Gasteiger partial charge in [0.25, 0.3) is 5.56 Å². The van der Waals surface area contributed by atoms with E-state index in [4.69, 9.17) is 4.84 Å². The fourth-order valence-electron chi connectivity index (χ4n) is 0.952. The Bertz CT molecular complexity index is 317. The van der Waals surface area contributed by atoms with Gasteiger partial charge < -0.3 is 4.84 Å². The van der Waals surface area contributed by atoms with E-state index in [1.165, 1.54) is 13.2 Å². The summed E-state index contributed by atoms with van der Waals surface area (Å²) in [5.74, 6) is 0.567. The molecule has 0 bridgehead atoms. The molecule has 0 spiro atoms. The molecule has 0 aliphatic carbocycles. The second-order valence-electron chi connectivity index (χ2n) is 2.26. The summed E-state index contributed by atoms with van der Waals surface area (Å²) < 4.78 is 1.15. The van der Waals surface area contributed by atoms with Crippen molar-refractivity contribution in [2.24, 2.45) is 0 Å². The Balaban J connectivity index is 3.37. The van der Waals surface area contributed by atoms with Gasteiger partial charge in [-0.2, -0.15) is 0 Å². The largest absolute Gasteiger partial charge is 0.412 e. The van der Waals surface area contributed by atoms with Crippen LogP contribution in [0, 0.1) is 13.8 Å². The fraction of sp³-hybridized carbons (Fsp3) is 0.429. The summed E-state index contributed by atoms with van der Waals surface area (Å²) in [6.45, 7) is 3.49. The summed E-state index contributed by atoms with van der Waals surface area (Å²) in [7, 11) is 1.44. The van der Waals surface area contributed by atoms with Crippen LogP contribution in [0.4, 0.5) is 0 Å². The maximum absolute atomic E-state index is 11.1. The average molecular weight is 154 g/mol. The molecule has 0 aliphatic heterocycles. The third kappa shape index (κ3) is 1.39. The molecule has 0 N–H and O–H groups in total. The molecule has 60 valence electrons. The molecule has 0 aromatic carbocycles. The maximum atomic E-state index is 11.1. The predicted molar refractivity (Wildman–Crippen MR) is 40.5 cm³/mol. The van der Waals surface area contributed by atoms with Crippen molar-refractivity contribution >= 4 is 0 Å². The molecule has 4 heteroatoms. The smallest absolute Gasteiger partial charge is 0.286 e. The molecule has 0 unspecified atom stereocenters. The fourth-order valence-corrected chi connectivity index (χ4v) is 0.952. The lowest BCUT2D eigenvalue weighted by Crippen LogP contribution is -2.27. The zero-order valence-electron chi connectivity index (χ0n) is 6.79. The lowest BCUT2D eigenvalue weighted by Gasteiger charge is -2.05. The number of aryl methyl sites for hydroxylation is 2. The van der Waals surface area contributed by atoms with Crippen LogP contribution in [0.5, 0.6) is 0 Å². The van der Waals surface area contributed by atoms with Crippen molar-refractivity contribution in [3.63, 3.8) is 0 Å². The van der Waals surface area contributed by atoms with Crippen LogP contribution in [0.15, 0.2) is 10.9 Å². The second-order valence-corrected chi connectivity index (χ2v) is 2.26. The standard InChI is InChI=1S/C7H10N2O2/c1-5-4-7(10)9(11-3)6(2)8-5/h4H,1-3H3. The highest BCUT2D eigenvalue weighted by atomic mass is 16.7. The van der Waals surface area contributed by atoms with E-state index in [0.717, 1.165) is 4.73 Å². The van der Waals surface area contributed by atoms with E-state index in [1.807, 2.05) is 0 Å². The molecule has 0 saturated heterocycles. The lowest BCUT2D eigenvalue weighted by atomic mass is 10.4. The normalized spacial score (nSPS) is 9.73. The van der Waals surface area contributed by atoms with Crippen molar-refractivity contribution in [2.45, 2.75) is 13.8 Å². The van der Waals surface area contributed by atoms with Gasteiger partial charge in [0.15, 0.2) is 0 Å². The Hall–Kier alpha value is -1.32. The van der Waals surface area contributed by atoms with Crippen molar-refractivity contribution in [2.75, 3.05) is 7.11 Å². The molecule has 1 aromatic heterocycles. The monoisotopic (exact) mass is 154 g/mol. The SMILES string of the molecule is COn1c(C)nc(C)cc1=O. The van der Waals surface area contributed by atoms with Crippen LogP contribution in [0.2, 0.25) is 0 Å². The first-order valence-electron chi connectivity index (χ1n) is 3.27. The highest BCUT2D eigenvalue weighted by Crippen LogP contribution is 1.89. The van der Waals surface area contributed by atoms with E-state index < -0.39 is 0 Å². The molecular weight excluding hydrogens is 144 g/mol. The first kappa shape index (κ1) is 7.78. The van der Waals surface area contributed by atoms with Gasteiger partial charge >= 0.3 is 0 Å². The molecule has 4 nitrogen and oxygen atoms in total. The van der Waals surface area contributed by atoms with Gasteiger partial charge in [0, 0.05) is 11.8 Å². The molecule has 1 heterocycles. The van der Waals surface area contributed by atoms with Crippen molar-refractivity contribution in [3.05, 3.63) is 27.9 Å². The van der Waals surface area contributed by atoms with Crippen LogP contribution in [0.25, 0.3) is 0 Å². The Morgan fingerprint density at radius 2 is 2.18 bits per heavy atom. The first-order chi connectivity index (χ1) is 5.15. The first-order valence-corrected chi connectivity index (χ1v) is 3.27. The topological polar surface area (TPSA) is 44.1 Å². The summed E-state index contributed by atoms with van der Waals surface area (Å²) in [4.78, 5) is 19.9. The highest BCUT2D eigenvalue weighted by molar-refractivity contribution is 4.99. The van der Waals surface area contributed by atoms with Gasteiger partial charge in [-0.3, -0.25) is 4.79 Å². The van der Waals surface area contributed by atoms with Gasteiger partial charge in [-0.05, 0) is 13.8 Å². The van der Waals surface area contributed by atoms with Crippen LogP contribution >= 0.6 is 0 Å². The average Bonchev–Trinajstić information content (AvgIpc) is 1.85. The Morgan fingerprint density at radius 3 is 2.64 bits per heavy atom. The predicted octanol–water partition coefficient (Wildman–Crippen LogP) is -0.0815. The summed E-state index contributed by atoms with van der Waals surface area (Å²) in [6, 6.07) is 1.43. The van der Waals surface area contributed by atoms with E-state index in [1.54, 1.807) is 13.8 Å². The number of hydrogen-bond acceptors (Lipinski definition) is 3. The third-order valence-corrected chi connectivity index (χ3v) is 1.35. The van der Waals surface area contributed by atoms with Crippen LogP contribution in [-0.2, 0) is 0 Å². The molecule has 0 atom stereocenters. The molecule has 0 radical (unpaired) electrons. The quantitative estimate of drug-likeness (QED) is 0.568. The summed E-state index contributed by atoms with van der Waals surface area (Å²) in [5.41, 5.74) is 0.526. The van der Waals surface area contributed by atoms with Gasteiger partial charge in [0.05, 0.1) is 0 Å². The minimum absolute atomic E-state index is 0.183. The summed E-state index contributed by atoms with van der Waals surface area (Å²) >= 11 is 0.